The van der Waals surface area contributed by atoms with Crippen molar-refractivity contribution in [3.05, 3.63) is 41.5 Å². The molecule has 1 aromatic heterocycles. The predicted molar refractivity (Wildman–Crippen MR) is 71.1 cm³/mol. The average Bonchev–Trinajstić information content (AvgIpc) is 3.03. The first kappa shape index (κ1) is 13.3. The monoisotopic (exact) mass is 287 g/mol. The summed E-state index contributed by atoms with van der Waals surface area (Å²) in [4.78, 5) is 41.2. The van der Waals surface area contributed by atoms with Crippen molar-refractivity contribution >= 4 is 17.7 Å². The van der Waals surface area contributed by atoms with E-state index in [1.165, 1.54) is 11.1 Å². The SMILES string of the molecule is O=C(O)C[C@H]1C(=O)N2CCNC2=C1C(=O)c1cccnc1. The first-order chi connectivity index (χ1) is 10.1. The van der Waals surface area contributed by atoms with Crippen LogP contribution in [-0.4, -0.2) is 45.7 Å². The molecule has 0 bridgehead atoms. The van der Waals surface area contributed by atoms with E-state index < -0.39 is 11.9 Å². The molecule has 3 heterocycles. The van der Waals surface area contributed by atoms with Gasteiger partial charge in [0.25, 0.3) is 0 Å². The zero-order chi connectivity index (χ0) is 15.0. The molecule has 1 aromatic rings. The number of aromatic nitrogens is 1. The Morgan fingerprint density at radius 1 is 1.48 bits per heavy atom. The summed E-state index contributed by atoms with van der Waals surface area (Å²) in [5.74, 6) is -2.27. The number of nitrogens with one attached hydrogen (secondary N) is 1. The summed E-state index contributed by atoms with van der Waals surface area (Å²) in [6, 6.07) is 3.23. The second-order valence-electron chi connectivity index (χ2n) is 4.90. The van der Waals surface area contributed by atoms with Crippen LogP contribution in [0.5, 0.6) is 0 Å². The van der Waals surface area contributed by atoms with E-state index in [4.69, 9.17) is 5.11 Å². The summed E-state index contributed by atoms with van der Waals surface area (Å²) < 4.78 is 0. The Kier molecular flexibility index (Phi) is 3.17. The number of hydrogen-bond acceptors (Lipinski definition) is 5. The Balaban J connectivity index is 2.03. The number of fused-ring (bicyclic) bond motifs is 1. The van der Waals surface area contributed by atoms with E-state index in [-0.39, 0.29) is 23.7 Å². The summed E-state index contributed by atoms with van der Waals surface area (Å²) in [5.41, 5.74) is 0.576. The van der Waals surface area contributed by atoms with Crippen LogP contribution in [0.3, 0.4) is 0 Å². The van der Waals surface area contributed by atoms with Crippen LogP contribution in [0.15, 0.2) is 35.9 Å². The summed E-state index contributed by atoms with van der Waals surface area (Å²) >= 11 is 0. The van der Waals surface area contributed by atoms with E-state index in [2.05, 4.69) is 10.3 Å². The Morgan fingerprint density at radius 3 is 2.95 bits per heavy atom. The molecule has 0 saturated carbocycles. The maximum absolute atomic E-state index is 12.6. The normalized spacial score (nSPS) is 20.5. The van der Waals surface area contributed by atoms with Gasteiger partial charge in [-0.25, -0.2) is 0 Å². The highest BCUT2D eigenvalue weighted by molar-refractivity contribution is 6.14. The van der Waals surface area contributed by atoms with Crippen LogP contribution in [0, 0.1) is 5.92 Å². The van der Waals surface area contributed by atoms with Crippen molar-refractivity contribution in [2.45, 2.75) is 6.42 Å². The van der Waals surface area contributed by atoms with Crippen molar-refractivity contribution in [3.8, 4) is 0 Å². The largest absolute Gasteiger partial charge is 0.481 e. The molecule has 0 spiro atoms. The van der Waals surface area contributed by atoms with Crippen molar-refractivity contribution in [3.63, 3.8) is 0 Å². The number of amides is 1. The van der Waals surface area contributed by atoms with Gasteiger partial charge in [-0.3, -0.25) is 24.3 Å². The quantitative estimate of drug-likeness (QED) is 0.757. The molecule has 2 N–H and O–H groups in total. The number of pyridine rings is 1. The fourth-order valence-corrected chi connectivity index (χ4v) is 2.71. The predicted octanol–water partition coefficient (Wildman–Crippen LogP) is 0.0122. The highest BCUT2D eigenvalue weighted by Gasteiger charge is 2.45. The topological polar surface area (TPSA) is 99.6 Å². The van der Waals surface area contributed by atoms with Gasteiger partial charge in [-0.15, -0.1) is 0 Å². The lowest BCUT2D eigenvalue weighted by atomic mass is 9.91. The first-order valence-corrected chi connectivity index (χ1v) is 6.55. The molecule has 108 valence electrons. The summed E-state index contributed by atoms with van der Waals surface area (Å²) in [6.45, 7) is 1.01. The molecule has 2 aliphatic rings. The molecule has 3 rings (SSSR count). The lowest BCUT2D eigenvalue weighted by Gasteiger charge is -2.11. The standard InChI is InChI=1S/C14H13N3O4/c18-10(19)6-9-11(12(20)8-2-1-3-15-7-8)13-16-4-5-17(13)14(9)21/h1-3,7,9,16H,4-6H2,(H,18,19)/t9-/m1/s1. The number of aliphatic carboxylic acids is 1. The van der Waals surface area contributed by atoms with Crippen LogP contribution >= 0.6 is 0 Å². The number of carboxylic acid groups (broad SMARTS) is 1. The number of nitrogens with zero attached hydrogens (tertiary/aromatic N) is 2. The van der Waals surface area contributed by atoms with E-state index in [1.54, 1.807) is 18.3 Å². The zero-order valence-corrected chi connectivity index (χ0v) is 11.1. The van der Waals surface area contributed by atoms with Gasteiger partial charge in [-0.1, -0.05) is 0 Å². The number of hydrogen-bond donors (Lipinski definition) is 2. The molecule has 0 radical (unpaired) electrons. The minimum atomic E-state index is -1.10. The molecule has 7 nitrogen and oxygen atoms in total. The minimum absolute atomic E-state index is 0.230. The van der Waals surface area contributed by atoms with Crippen LogP contribution in [-0.2, 0) is 9.59 Å². The van der Waals surface area contributed by atoms with Crippen LogP contribution in [0.2, 0.25) is 0 Å². The molecule has 0 aliphatic carbocycles. The second kappa shape index (κ2) is 5.01. The van der Waals surface area contributed by atoms with Gasteiger partial charge in [-0.05, 0) is 12.1 Å². The van der Waals surface area contributed by atoms with Crippen molar-refractivity contribution in [1.29, 1.82) is 0 Å². The number of carbonyl (C=O) groups is 3. The smallest absolute Gasteiger partial charge is 0.304 e. The molecule has 1 atom stereocenters. The summed E-state index contributed by atoms with van der Waals surface area (Å²) in [6.07, 6.45) is 2.57. The number of ketones is 1. The van der Waals surface area contributed by atoms with Crippen molar-refractivity contribution in [2.24, 2.45) is 5.92 Å². The minimum Gasteiger partial charge on any atom is -0.481 e. The molecule has 1 saturated heterocycles. The lowest BCUT2D eigenvalue weighted by Crippen LogP contribution is -2.29. The third-order valence-corrected chi connectivity index (χ3v) is 3.61. The summed E-state index contributed by atoms with van der Waals surface area (Å²) in [7, 11) is 0. The third kappa shape index (κ3) is 2.16. The maximum Gasteiger partial charge on any atom is 0.304 e. The van der Waals surface area contributed by atoms with Gasteiger partial charge >= 0.3 is 5.97 Å². The highest BCUT2D eigenvalue weighted by atomic mass is 16.4. The van der Waals surface area contributed by atoms with Crippen LogP contribution in [0.25, 0.3) is 0 Å². The van der Waals surface area contributed by atoms with Gasteiger partial charge in [0.2, 0.25) is 5.91 Å². The molecule has 2 aliphatic heterocycles. The van der Waals surface area contributed by atoms with Gasteiger partial charge in [-0.2, -0.15) is 0 Å². The van der Waals surface area contributed by atoms with Gasteiger partial charge in [0.05, 0.1) is 17.9 Å². The number of rotatable bonds is 4. The molecule has 0 unspecified atom stereocenters. The Morgan fingerprint density at radius 2 is 2.29 bits per heavy atom. The maximum atomic E-state index is 12.6. The molecular weight excluding hydrogens is 274 g/mol. The Bertz CT molecular complexity index is 653. The van der Waals surface area contributed by atoms with Gasteiger partial charge in [0, 0.05) is 31.0 Å². The van der Waals surface area contributed by atoms with E-state index in [0.717, 1.165) is 0 Å². The molecule has 1 fully saturated rings. The molecule has 7 heteroatoms. The third-order valence-electron chi connectivity index (χ3n) is 3.61. The van der Waals surface area contributed by atoms with E-state index in [0.29, 0.717) is 24.5 Å². The number of Topliss-reactive ketones (excluding diaryl/α,β-unsaturated/α-hetero) is 1. The fraction of sp³-hybridized carbons (Fsp3) is 0.286. The van der Waals surface area contributed by atoms with Crippen LogP contribution < -0.4 is 5.32 Å². The van der Waals surface area contributed by atoms with E-state index in [1.807, 2.05) is 0 Å². The Labute approximate surface area is 120 Å². The van der Waals surface area contributed by atoms with E-state index in [9.17, 15) is 14.4 Å². The molecule has 1 amide bonds. The van der Waals surface area contributed by atoms with Crippen LogP contribution in [0.4, 0.5) is 0 Å². The fourth-order valence-electron chi connectivity index (χ4n) is 2.71. The highest BCUT2D eigenvalue weighted by Crippen LogP contribution is 2.34. The molecule has 0 aromatic carbocycles. The Hall–Kier alpha value is -2.70. The number of carboxylic acids is 1. The van der Waals surface area contributed by atoms with Crippen molar-refractivity contribution < 1.29 is 19.5 Å². The van der Waals surface area contributed by atoms with Gasteiger partial charge in [0.15, 0.2) is 5.78 Å². The van der Waals surface area contributed by atoms with Gasteiger partial charge in [0.1, 0.15) is 5.82 Å². The molecular formula is C14H13N3O4. The van der Waals surface area contributed by atoms with Gasteiger partial charge < -0.3 is 10.4 Å². The number of carbonyl (C=O) groups excluding carboxylic acids is 2. The molecule has 21 heavy (non-hydrogen) atoms. The van der Waals surface area contributed by atoms with Crippen molar-refractivity contribution in [2.75, 3.05) is 13.1 Å². The average molecular weight is 287 g/mol. The first-order valence-electron chi connectivity index (χ1n) is 6.55. The van der Waals surface area contributed by atoms with Crippen LogP contribution in [0.1, 0.15) is 16.8 Å². The van der Waals surface area contributed by atoms with E-state index >= 15 is 0 Å². The zero-order valence-electron chi connectivity index (χ0n) is 11.1. The lowest BCUT2D eigenvalue weighted by molar-refractivity contribution is -0.141. The van der Waals surface area contributed by atoms with Crippen molar-refractivity contribution in [1.82, 2.24) is 15.2 Å². The summed E-state index contributed by atoms with van der Waals surface area (Å²) in [5, 5.41) is 12.0. The second-order valence-corrected chi connectivity index (χ2v) is 4.90.